The lowest BCUT2D eigenvalue weighted by Crippen LogP contribution is -2.32. The van der Waals surface area contributed by atoms with Crippen LogP contribution in [0.3, 0.4) is 0 Å². The third-order valence-corrected chi connectivity index (χ3v) is 4.41. The molecule has 3 heteroatoms. The molecule has 0 heterocycles. The second-order valence-electron chi connectivity index (χ2n) is 6.39. The maximum atomic E-state index is 13.2. The molecule has 0 bridgehead atoms. The summed E-state index contributed by atoms with van der Waals surface area (Å²) in [6.45, 7) is 2.88. The van der Waals surface area contributed by atoms with Gasteiger partial charge in [0.05, 0.1) is 7.11 Å². The normalized spacial score (nSPS) is 13.5. The number of ether oxygens (including phenoxy) is 1. The van der Waals surface area contributed by atoms with Gasteiger partial charge in [-0.05, 0) is 44.1 Å². The molecule has 2 aromatic carbocycles. The Balaban J connectivity index is 2.37. The van der Waals surface area contributed by atoms with Gasteiger partial charge in [0, 0.05) is 18.0 Å². The molecule has 24 heavy (non-hydrogen) atoms. The Hall–Kier alpha value is -2.13. The first-order valence-electron chi connectivity index (χ1n) is 8.44. The second-order valence-corrected chi connectivity index (χ2v) is 6.39. The van der Waals surface area contributed by atoms with E-state index in [1.165, 1.54) is 5.56 Å². The van der Waals surface area contributed by atoms with Crippen LogP contribution in [0.1, 0.15) is 35.2 Å². The Kier molecular flexibility index (Phi) is 6.56. The van der Waals surface area contributed by atoms with E-state index in [0.717, 1.165) is 24.3 Å². The van der Waals surface area contributed by atoms with Crippen LogP contribution in [0.15, 0.2) is 54.6 Å². The number of Topliss-reactive ketones (excluding diaryl/α,β-unsaturated/α-hetero) is 1. The summed E-state index contributed by atoms with van der Waals surface area (Å²) in [6.07, 6.45) is 0.929. The number of hydrogen-bond acceptors (Lipinski definition) is 3. The largest absolute Gasteiger partial charge is 0.497 e. The first-order chi connectivity index (χ1) is 11.6. The smallest absolute Gasteiger partial charge is 0.167 e. The number of carbonyl (C=O) groups excluding carboxylic acids is 1. The number of ketones is 1. The molecule has 0 saturated heterocycles. The van der Waals surface area contributed by atoms with Crippen LogP contribution in [0.25, 0.3) is 0 Å². The minimum atomic E-state index is -0.0838. The van der Waals surface area contributed by atoms with Gasteiger partial charge in [0.2, 0.25) is 0 Å². The van der Waals surface area contributed by atoms with E-state index in [9.17, 15) is 4.79 Å². The molecule has 0 amide bonds. The summed E-state index contributed by atoms with van der Waals surface area (Å²) in [4.78, 5) is 15.3. The predicted molar refractivity (Wildman–Crippen MR) is 98.8 cm³/mol. The third-order valence-electron chi connectivity index (χ3n) is 4.41. The maximum absolute atomic E-state index is 13.2. The van der Waals surface area contributed by atoms with Crippen molar-refractivity contribution in [2.75, 3.05) is 27.7 Å². The van der Waals surface area contributed by atoms with Crippen LogP contribution in [0.5, 0.6) is 5.75 Å². The van der Waals surface area contributed by atoms with Gasteiger partial charge in [-0.3, -0.25) is 4.79 Å². The van der Waals surface area contributed by atoms with E-state index in [1.807, 2.05) is 56.6 Å². The number of methoxy groups -OCH3 is 1. The Morgan fingerprint density at radius 1 is 1.08 bits per heavy atom. The number of benzene rings is 2. The summed E-state index contributed by atoms with van der Waals surface area (Å²) in [6, 6.07) is 17.8. The minimum absolute atomic E-state index is 0.0838. The molecule has 0 aliphatic rings. The number of hydrogen-bond donors (Lipinski definition) is 0. The Labute approximate surface area is 145 Å². The zero-order valence-electron chi connectivity index (χ0n) is 15.0. The van der Waals surface area contributed by atoms with E-state index in [1.54, 1.807) is 7.11 Å². The van der Waals surface area contributed by atoms with Crippen molar-refractivity contribution < 1.29 is 9.53 Å². The van der Waals surface area contributed by atoms with Gasteiger partial charge in [-0.2, -0.15) is 0 Å². The molecule has 0 N–H and O–H groups in total. The summed E-state index contributed by atoms with van der Waals surface area (Å²) in [7, 11) is 5.66. The fraction of sp³-hybridized carbons (Fsp3) is 0.381. The highest BCUT2D eigenvalue weighted by atomic mass is 16.5. The van der Waals surface area contributed by atoms with E-state index in [-0.39, 0.29) is 17.6 Å². The molecule has 128 valence electrons. The van der Waals surface area contributed by atoms with Gasteiger partial charge in [-0.25, -0.2) is 0 Å². The molecule has 0 aliphatic carbocycles. The lowest BCUT2D eigenvalue weighted by Gasteiger charge is -2.28. The predicted octanol–water partition coefficient (Wildman–Crippen LogP) is 4.25. The molecule has 0 radical (unpaired) electrons. The monoisotopic (exact) mass is 325 g/mol. The van der Waals surface area contributed by atoms with Gasteiger partial charge in [0.1, 0.15) is 5.75 Å². The molecule has 2 rings (SSSR count). The van der Waals surface area contributed by atoms with Crippen LogP contribution in [-0.2, 0) is 0 Å². The quantitative estimate of drug-likeness (QED) is 0.680. The SMILES string of the molecule is CC[C@H](c1ccccc1)[C@@H](CN(C)C)C(=O)c1cccc(OC)c1. The van der Waals surface area contributed by atoms with Gasteiger partial charge in [-0.1, -0.05) is 49.4 Å². The van der Waals surface area contributed by atoms with Crippen LogP contribution in [0.2, 0.25) is 0 Å². The first-order valence-corrected chi connectivity index (χ1v) is 8.44. The highest BCUT2D eigenvalue weighted by Gasteiger charge is 2.29. The fourth-order valence-corrected chi connectivity index (χ4v) is 3.23. The third kappa shape index (κ3) is 4.45. The highest BCUT2D eigenvalue weighted by Crippen LogP contribution is 2.31. The summed E-state index contributed by atoms with van der Waals surface area (Å²) in [5.74, 6) is 1.02. The molecule has 0 aromatic heterocycles. The lowest BCUT2D eigenvalue weighted by molar-refractivity contribution is 0.0870. The lowest BCUT2D eigenvalue weighted by atomic mass is 9.79. The Morgan fingerprint density at radius 2 is 1.79 bits per heavy atom. The van der Waals surface area contributed by atoms with E-state index in [2.05, 4.69) is 24.0 Å². The van der Waals surface area contributed by atoms with Gasteiger partial charge in [-0.15, -0.1) is 0 Å². The van der Waals surface area contributed by atoms with Crippen molar-refractivity contribution in [1.82, 2.24) is 4.90 Å². The van der Waals surface area contributed by atoms with Crippen LogP contribution < -0.4 is 4.74 Å². The van der Waals surface area contributed by atoms with Crippen molar-refractivity contribution in [3.8, 4) is 5.75 Å². The zero-order chi connectivity index (χ0) is 17.5. The van der Waals surface area contributed by atoms with Crippen molar-refractivity contribution in [2.45, 2.75) is 19.3 Å². The van der Waals surface area contributed by atoms with Gasteiger partial charge in [0.15, 0.2) is 5.78 Å². The average Bonchev–Trinajstić information content (AvgIpc) is 2.61. The van der Waals surface area contributed by atoms with Crippen molar-refractivity contribution in [1.29, 1.82) is 0 Å². The second kappa shape index (κ2) is 8.65. The summed E-state index contributed by atoms with van der Waals surface area (Å²) in [5, 5.41) is 0. The standard InChI is InChI=1S/C21H27NO2/c1-5-19(16-10-7-6-8-11-16)20(15-22(2)3)21(23)17-12-9-13-18(14-17)24-4/h6-14,19-20H,5,15H2,1-4H3/t19-,20-/m1/s1. The topological polar surface area (TPSA) is 29.5 Å². The van der Waals surface area contributed by atoms with Gasteiger partial charge >= 0.3 is 0 Å². The van der Waals surface area contributed by atoms with Crippen LogP contribution >= 0.6 is 0 Å². The van der Waals surface area contributed by atoms with Crippen molar-refractivity contribution in [3.05, 3.63) is 65.7 Å². The number of rotatable bonds is 8. The maximum Gasteiger partial charge on any atom is 0.167 e. The number of carbonyl (C=O) groups is 1. The van der Waals surface area contributed by atoms with E-state index in [4.69, 9.17) is 4.74 Å². The molecule has 0 saturated carbocycles. The molecule has 0 unspecified atom stereocenters. The molecule has 0 spiro atoms. The summed E-state index contributed by atoms with van der Waals surface area (Å²) in [5.41, 5.74) is 1.94. The Morgan fingerprint density at radius 3 is 2.38 bits per heavy atom. The molecular formula is C21H27NO2. The first kappa shape index (κ1) is 18.2. The van der Waals surface area contributed by atoms with E-state index in [0.29, 0.717) is 0 Å². The minimum Gasteiger partial charge on any atom is -0.497 e. The van der Waals surface area contributed by atoms with Gasteiger partial charge in [0.25, 0.3) is 0 Å². The van der Waals surface area contributed by atoms with Crippen molar-refractivity contribution >= 4 is 5.78 Å². The highest BCUT2D eigenvalue weighted by molar-refractivity contribution is 5.99. The molecule has 2 aromatic rings. The fourth-order valence-electron chi connectivity index (χ4n) is 3.23. The summed E-state index contributed by atoms with van der Waals surface area (Å²) >= 11 is 0. The summed E-state index contributed by atoms with van der Waals surface area (Å²) < 4.78 is 5.27. The van der Waals surface area contributed by atoms with Gasteiger partial charge < -0.3 is 9.64 Å². The van der Waals surface area contributed by atoms with Crippen LogP contribution in [0.4, 0.5) is 0 Å². The van der Waals surface area contributed by atoms with Crippen molar-refractivity contribution in [2.24, 2.45) is 5.92 Å². The zero-order valence-corrected chi connectivity index (χ0v) is 15.0. The van der Waals surface area contributed by atoms with E-state index < -0.39 is 0 Å². The molecular weight excluding hydrogens is 298 g/mol. The molecule has 0 aliphatic heterocycles. The van der Waals surface area contributed by atoms with Crippen LogP contribution in [-0.4, -0.2) is 38.4 Å². The molecule has 3 nitrogen and oxygen atoms in total. The Bertz CT molecular complexity index is 652. The van der Waals surface area contributed by atoms with Crippen molar-refractivity contribution in [3.63, 3.8) is 0 Å². The average molecular weight is 325 g/mol. The molecule has 2 atom stereocenters. The number of nitrogens with zero attached hydrogens (tertiary/aromatic N) is 1. The van der Waals surface area contributed by atoms with E-state index >= 15 is 0 Å². The van der Waals surface area contributed by atoms with Crippen LogP contribution in [0, 0.1) is 5.92 Å². The molecule has 0 fully saturated rings.